The van der Waals surface area contributed by atoms with Gasteiger partial charge in [-0.25, -0.2) is 4.79 Å². The number of carbonyl (C=O) groups is 2. The molecule has 94 valence electrons. The first-order valence-electron chi connectivity index (χ1n) is 5.20. The molecule has 1 heterocycles. The summed E-state index contributed by atoms with van der Waals surface area (Å²) in [6.07, 6.45) is 1.48. The van der Waals surface area contributed by atoms with Gasteiger partial charge in [-0.3, -0.25) is 4.79 Å². The highest BCUT2D eigenvalue weighted by molar-refractivity contribution is 6.31. The lowest BCUT2D eigenvalue weighted by molar-refractivity contribution is -0.147. The van der Waals surface area contributed by atoms with Gasteiger partial charge in [-0.05, 0) is 26.8 Å². The molecule has 1 aromatic rings. The Morgan fingerprint density at radius 2 is 2.12 bits per heavy atom. The molecule has 0 radical (unpaired) electrons. The van der Waals surface area contributed by atoms with Crippen molar-refractivity contribution in [1.29, 1.82) is 0 Å². The molecule has 2 N–H and O–H groups in total. The molecule has 5 nitrogen and oxygen atoms in total. The third-order valence-corrected chi connectivity index (χ3v) is 2.86. The molecule has 17 heavy (non-hydrogen) atoms. The minimum atomic E-state index is -1.26. The fraction of sp³-hybridized carbons (Fsp3) is 0.455. The minimum Gasteiger partial charge on any atom is -0.480 e. The van der Waals surface area contributed by atoms with Crippen LogP contribution < -0.4 is 0 Å². The molecular weight excluding hydrogens is 244 g/mol. The van der Waals surface area contributed by atoms with Crippen LogP contribution in [0.25, 0.3) is 0 Å². The lowest BCUT2D eigenvalue weighted by Crippen LogP contribution is -2.53. The standard InChI is InChI=1S/C11H15ClN2O3/c1-4-14(11(2,3)10(16)17)9(15)8-5-7(12)6-13-8/h5-6,13H,4H2,1-3H3,(H,16,17). The number of rotatable bonds is 4. The van der Waals surface area contributed by atoms with Crippen LogP contribution in [-0.4, -0.2) is 39.0 Å². The molecular formula is C11H15ClN2O3. The first-order valence-corrected chi connectivity index (χ1v) is 5.57. The lowest BCUT2D eigenvalue weighted by atomic mass is 10.0. The molecule has 0 saturated heterocycles. The number of aliphatic carboxylic acids is 1. The molecule has 0 saturated carbocycles. The van der Waals surface area contributed by atoms with Crippen LogP contribution in [-0.2, 0) is 4.79 Å². The topological polar surface area (TPSA) is 73.4 Å². The van der Waals surface area contributed by atoms with Crippen LogP contribution >= 0.6 is 11.6 Å². The molecule has 1 amide bonds. The summed E-state index contributed by atoms with van der Waals surface area (Å²) in [5.74, 6) is -1.43. The van der Waals surface area contributed by atoms with Gasteiger partial charge < -0.3 is 15.0 Å². The monoisotopic (exact) mass is 258 g/mol. The Balaban J connectivity index is 3.04. The highest BCUT2D eigenvalue weighted by atomic mass is 35.5. The SMILES string of the molecule is CCN(C(=O)c1cc(Cl)c[nH]1)C(C)(C)C(=O)O. The highest BCUT2D eigenvalue weighted by Gasteiger charge is 2.37. The van der Waals surface area contributed by atoms with E-state index >= 15 is 0 Å². The number of likely N-dealkylation sites (N-methyl/N-ethyl adjacent to an activating group) is 1. The average Bonchev–Trinajstić information content (AvgIpc) is 2.65. The number of carbonyl (C=O) groups excluding carboxylic acids is 1. The summed E-state index contributed by atoms with van der Waals surface area (Å²) in [6.45, 7) is 5.00. The van der Waals surface area contributed by atoms with E-state index in [0.29, 0.717) is 11.6 Å². The summed E-state index contributed by atoms with van der Waals surface area (Å²) >= 11 is 5.71. The largest absolute Gasteiger partial charge is 0.480 e. The van der Waals surface area contributed by atoms with Crippen molar-refractivity contribution in [3.05, 3.63) is 23.0 Å². The first-order chi connectivity index (χ1) is 7.80. The normalized spacial score (nSPS) is 11.3. The summed E-state index contributed by atoms with van der Waals surface area (Å²) in [6, 6.07) is 1.48. The first kappa shape index (κ1) is 13.6. The van der Waals surface area contributed by atoms with E-state index in [1.165, 1.54) is 31.0 Å². The Bertz CT molecular complexity index is 440. The van der Waals surface area contributed by atoms with Gasteiger partial charge in [-0.1, -0.05) is 11.6 Å². The Morgan fingerprint density at radius 3 is 2.47 bits per heavy atom. The van der Waals surface area contributed by atoms with Gasteiger partial charge in [0, 0.05) is 12.7 Å². The molecule has 1 rings (SSSR count). The molecule has 0 aliphatic heterocycles. The Labute approximate surface area is 104 Å². The van der Waals surface area contributed by atoms with E-state index in [9.17, 15) is 9.59 Å². The van der Waals surface area contributed by atoms with Crippen molar-refractivity contribution in [2.75, 3.05) is 6.54 Å². The van der Waals surface area contributed by atoms with E-state index in [-0.39, 0.29) is 11.6 Å². The van der Waals surface area contributed by atoms with Crippen LogP contribution in [0.3, 0.4) is 0 Å². The zero-order valence-electron chi connectivity index (χ0n) is 9.95. The minimum absolute atomic E-state index is 0.283. The van der Waals surface area contributed by atoms with Gasteiger partial charge in [0.25, 0.3) is 5.91 Å². The smallest absolute Gasteiger partial charge is 0.329 e. The van der Waals surface area contributed by atoms with E-state index in [2.05, 4.69) is 4.98 Å². The number of amides is 1. The molecule has 6 heteroatoms. The molecule has 0 bridgehead atoms. The molecule has 0 aliphatic carbocycles. The molecule has 0 fully saturated rings. The summed E-state index contributed by atoms with van der Waals surface area (Å²) < 4.78 is 0. The number of H-pyrrole nitrogens is 1. The maximum absolute atomic E-state index is 12.1. The van der Waals surface area contributed by atoms with Crippen molar-refractivity contribution in [2.45, 2.75) is 26.3 Å². The predicted octanol–water partition coefficient (Wildman–Crippen LogP) is 1.99. The van der Waals surface area contributed by atoms with E-state index in [1.807, 2.05) is 0 Å². The molecule has 0 aromatic carbocycles. The fourth-order valence-corrected chi connectivity index (χ4v) is 1.71. The molecule has 1 aromatic heterocycles. The van der Waals surface area contributed by atoms with Crippen LogP contribution in [0, 0.1) is 0 Å². The molecule has 0 aliphatic rings. The molecule has 0 unspecified atom stereocenters. The van der Waals surface area contributed by atoms with Crippen molar-refractivity contribution < 1.29 is 14.7 Å². The van der Waals surface area contributed by atoms with E-state index in [1.54, 1.807) is 6.92 Å². The molecule has 0 atom stereocenters. The van der Waals surface area contributed by atoms with Crippen molar-refractivity contribution in [2.24, 2.45) is 0 Å². The van der Waals surface area contributed by atoms with E-state index in [4.69, 9.17) is 16.7 Å². The summed E-state index contributed by atoms with van der Waals surface area (Å²) in [4.78, 5) is 27.2. The number of carboxylic acid groups (broad SMARTS) is 1. The molecule has 0 spiro atoms. The van der Waals surface area contributed by atoms with Gasteiger partial charge in [0.2, 0.25) is 0 Å². The summed E-state index contributed by atoms with van der Waals surface area (Å²) in [5, 5.41) is 9.53. The summed E-state index contributed by atoms with van der Waals surface area (Å²) in [5.41, 5.74) is -0.977. The van der Waals surface area contributed by atoms with E-state index in [0.717, 1.165) is 0 Å². The lowest BCUT2D eigenvalue weighted by Gasteiger charge is -2.33. The van der Waals surface area contributed by atoms with Crippen LogP contribution in [0.15, 0.2) is 12.3 Å². The van der Waals surface area contributed by atoms with Gasteiger partial charge in [0.1, 0.15) is 11.2 Å². The van der Waals surface area contributed by atoms with Crippen molar-refractivity contribution in [3.8, 4) is 0 Å². The number of nitrogens with zero attached hydrogens (tertiary/aromatic N) is 1. The third-order valence-electron chi connectivity index (χ3n) is 2.64. The van der Waals surface area contributed by atoms with Crippen LogP contribution in [0.5, 0.6) is 0 Å². The third kappa shape index (κ3) is 2.61. The number of halogens is 1. The quantitative estimate of drug-likeness (QED) is 0.867. The van der Waals surface area contributed by atoms with Gasteiger partial charge in [0.05, 0.1) is 5.02 Å². The van der Waals surface area contributed by atoms with Gasteiger partial charge in [-0.15, -0.1) is 0 Å². The number of nitrogens with one attached hydrogen (secondary N) is 1. The van der Waals surface area contributed by atoms with Crippen LogP contribution in [0.1, 0.15) is 31.3 Å². The zero-order chi connectivity index (χ0) is 13.2. The second-order valence-corrected chi connectivity index (χ2v) is 4.58. The number of carboxylic acids is 1. The average molecular weight is 259 g/mol. The Kier molecular flexibility index (Phi) is 3.83. The number of hydrogen-bond acceptors (Lipinski definition) is 2. The Morgan fingerprint density at radius 1 is 1.53 bits per heavy atom. The maximum atomic E-state index is 12.1. The van der Waals surface area contributed by atoms with Crippen LogP contribution in [0.2, 0.25) is 5.02 Å². The highest BCUT2D eigenvalue weighted by Crippen LogP contribution is 2.19. The number of hydrogen-bond donors (Lipinski definition) is 2. The van der Waals surface area contributed by atoms with Gasteiger partial charge in [0.15, 0.2) is 0 Å². The maximum Gasteiger partial charge on any atom is 0.329 e. The van der Waals surface area contributed by atoms with Gasteiger partial charge >= 0.3 is 5.97 Å². The summed E-state index contributed by atoms with van der Waals surface area (Å²) in [7, 11) is 0. The second-order valence-electron chi connectivity index (χ2n) is 4.15. The van der Waals surface area contributed by atoms with Gasteiger partial charge in [-0.2, -0.15) is 0 Å². The zero-order valence-corrected chi connectivity index (χ0v) is 10.7. The number of aromatic nitrogens is 1. The number of aromatic amines is 1. The van der Waals surface area contributed by atoms with Crippen molar-refractivity contribution >= 4 is 23.5 Å². The van der Waals surface area contributed by atoms with Crippen molar-refractivity contribution in [3.63, 3.8) is 0 Å². The fourth-order valence-electron chi connectivity index (χ4n) is 1.54. The van der Waals surface area contributed by atoms with Crippen LogP contribution in [0.4, 0.5) is 0 Å². The predicted molar refractivity (Wildman–Crippen MR) is 64.2 cm³/mol. The van der Waals surface area contributed by atoms with Crippen molar-refractivity contribution in [1.82, 2.24) is 9.88 Å². The second kappa shape index (κ2) is 4.79. The Hall–Kier alpha value is -1.49. The van der Waals surface area contributed by atoms with E-state index < -0.39 is 11.5 Å².